The van der Waals surface area contributed by atoms with Crippen LogP contribution in [0.3, 0.4) is 0 Å². The third kappa shape index (κ3) is 6.40. The minimum absolute atomic E-state index is 0.0434. The number of para-hydroxylation sites is 1. The molecule has 0 fully saturated rings. The summed E-state index contributed by atoms with van der Waals surface area (Å²) in [5, 5.41) is 8.14. The average Bonchev–Trinajstić information content (AvgIpc) is 2.67. The van der Waals surface area contributed by atoms with Crippen molar-refractivity contribution >= 4 is 40.9 Å². The van der Waals surface area contributed by atoms with Crippen molar-refractivity contribution < 1.29 is 14.4 Å². The molecule has 0 heterocycles. The topological polar surface area (TPSA) is 90.5 Å². The number of hydrogen-bond donors (Lipinski definition) is 3. The highest BCUT2D eigenvalue weighted by molar-refractivity contribution is 7.98. The summed E-state index contributed by atoms with van der Waals surface area (Å²) in [6.07, 6.45) is 1.95. The van der Waals surface area contributed by atoms with Gasteiger partial charge in [0, 0.05) is 23.2 Å². The van der Waals surface area contributed by atoms with Crippen molar-refractivity contribution in [1.29, 1.82) is 0 Å². The number of likely N-dealkylation sites (N-methyl/N-ethyl adjacent to an activating group) is 1. The fraction of sp³-hybridized carbons (Fsp3) is 0.250. The summed E-state index contributed by atoms with van der Waals surface area (Å²) in [6.45, 7) is 0.121. The number of carbonyl (C=O) groups excluding carboxylic acids is 3. The van der Waals surface area contributed by atoms with E-state index >= 15 is 0 Å². The Hall–Kier alpha value is -2.84. The van der Waals surface area contributed by atoms with Crippen LogP contribution in [0.1, 0.15) is 10.4 Å². The zero-order chi connectivity index (χ0) is 20.5. The first-order valence-corrected chi connectivity index (χ1v) is 9.88. The van der Waals surface area contributed by atoms with Gasteiger partial charge in [-0.3, -0.25) is 19.3 Å². The zero-order valence-corrected chi connectivity index (χ0v) is 16.9. The van der Waals surface area contributed by atoms with Crippen molar-refractivity contribution in [2.45, 2.75) is 4.90 Å². The van der Waals surface area contributed by atoms with Gasteiger partial charge in [0.1, 0.15) is 0 Å². The molecule has 0 saturated heterocycles. The quantitative estimate of drug-likeness (QED) is 0.592. The molecule has 0 bridgehead atoms. The van der Waals surface area contributed by atoms with Crippen LogP contribution in [0.15, 0.2) is 53.4 Å². The number of anilines is 2. The lowest BCUT2D eigenvalue weighted by Gasteiger charge is -2.17. The Morgan fingerprint density at radius 1 is 0.964 bits per heavy atom. The first-order valence-electron chi connectivity index (χ1n) is 8.66. The molecule has 0 unspecified atom stereocenters. The van der Waals surface area contributed by atoms with Crippen LogP contribution in [0.4, 0.5) is 11.4 Å². The van der Waals surface area contributed by atoms with E-state index in [4.69, 9.17) is 0 Å². The lowest BCUT2D eigenvalue weighted by molar-refractivity contribution is -0.119. The zero-order valence-electron chi connectivity index (χ0n) is 16.1. The van der Waals surface area contributed by atoms with Crippen LogP contribution in [0.2, 0.25) is 0 Å². The van der Waals surface area contributed by atoms with E-state index in [2.05, 4.69) is 16.0 Å². The number of nitrogens with zero attached hydrogens (tertiary/aromatic N) is 1. The van der Waals surface area contributed by atoms with E-state index < -0.39 is 0 Å². The second-order valence-electron chi connectivity index (χ2n) is 6.13. The molecule has 0 aliphatic carbocycles. The summed E-state index contributed by atoms with van der Waals surface area (Å²) < 4.78 is 0. The van der Waals surface area contributed by atoms with Gasteiger partial charge in [0.05, 0.1) is 18.8 Å². The maximum Gasteiger partial charge on any atom is 0.251 e. The van der Waals surface area contributed by atoms with E-state index in [1.54, 1.807) is 55.0 Å². The number of carbonyl (C=O) groups is 3. The molecule has 2 rings (SSSR count). The SMILES string of the molecule is CNC(=O)c1cccc(NC(=O)CN(C)CC(=O)Nc2ccccc2SC)c1. The highest BCUT2D eigenvalue weighted by atomic mass is 32.2. The largest absolute Gasteiger partial charge is 0.355 e. The van der Waals surface area contributed by atoms with Crippen LogP contribution >= 0.6 is 11.8 Å². The van der Waals surface area contributed by atoms with Gasteiger partial charge in [-0.25, -0.2) is 0 Å². The van der Waals surface area contributed by atoms with Gasteiger partial charge in [-0.2, -0.15) is 0 Å². The van der Waals surface area contributed by atoms with Crippen molar-refractivity contribution in [2.24, 2.45) is 0 Å². The van der Waals surface area contributed by atoms with Gasteiger partial charge in [0.2, 0.25) is 11.8 Å². The normalized spacial score (nSPS) is 10.4. The Morgan fingerprint density at radius 2 is 1.64 bits per heavy atom. The Bertz CT molecular complexity index is 857. The highest BCUT2D eigenvalue weighted by Gasteiger charge is 2.13. The third-order valence-corrected chi connectivity index (χ3v) is 4.64. The first-order chi connectivity index (χ1) is 13.4. The fourth-order valence-electron chi connectivity index (χ4n) is 2.57. The van der Waals surface area contributed by atoms with E-state index in [0.717, 1.165) is 10.6 Å². The summed E-state index contributed by atoms with van der Waals surface area (Å²) in [5.74, 6) is -0.692. The lowest BCUT2D eigenvalue weighted by Crippen LogP contribution is -2.36. The highest BCUT2D eigenvalue weighted by Crippen LogP contribution is 2.24. The van der Waals surface area contributed by atoms with Crippen LogP contribution in [0.25, 0.3) is 0 Å². The van der Waals surface area contributed by atoms with Gasteiger partial charge in [-0.1, -0.05) is 18.2 Å². The van der Waals surface area contributed by atoms with Gasteiger partial charge in [-0.05, 0) is 43.6 Å². The average molecular weight is 401 g/mol. The second kappa shape index (κ2) is 10.5. The molecule has 0 aliphatic rings. The van der Waals surface area contributed by atoms with E-state index in [-0.39, 0.29) is 30.8 Å². The molecule has 28 heavy (non-hydrogen) atoms. The molecule has 8 heteroatoms. The van der Waals surface area contributed by atoms with Crippen molar-refractivity contribution in [3.05, 3.63) is 54.1 Å². The fourth-order valence-corrected chi connectivity index (χ4v) is 3.12. The molecule has 7 nitrogen and oxygen atoms in total. The van der Waals surface area contributed by atoms with Crippen molar-refractivity contribution in [3.8, 4) is 0 Å². The molecule has 0 atom stereocenters. The van der Waals surface area contributed by atoms with Crippen LogP contribution < -0.4 is 16.0 Å². The molecule has 0 saturated carbocycles. The predicted molar refractivity (Wildman–Crippen MR) is 113 cm³/mol. The van der Waals surface area contributed by atoms with Gasteiger partial charge >= 0.3 is 0 Å². The standard InChI is InChI=1S/C20H24N4O3S/c1-21-20(27)14-7-6-8-15(11-14)22-18(25)12-24(2)13-19(26)23-16-9-4-5-10-17(16)28-3/h4-11H,12-13H2,1-3H3,(H,21,27)(H,22,25)(H,23,26). The molecule has 0 aromatic heterocycles. The number of amides is 3. The van der Waals surface area contributed by atoms with Crippen molar-refractivity contribution in [2.75, 3.05) is 44.1 Å². The molecule has 0 spiro atoms. The minimum Gasteiger partial charge on any atom is -0.355 e. The van der Waals surface area contributed by atoms with Gasteiger partial charge in [-0.15, -0.1) is 11.8 Å². The predicted octanol–water partition coefficient (Wildman–Crippen LogP) is 2.28. The second-order valence-corrected chi connectivity index (χ2v) is 6.98. The summed E-state index contributed by atoms with van der Waals surface area (Å²) in [7, 11) is 3.24. The van der Waals surface area contributed by atoms with Crippen LogP contribution in [-0.4, -0.2) is 56.1 Å². The summed E-state index contributed by atoms with van der Waals surface area (Å²) in [6, 6.07) is 14.2. The Labute approximate surface area is 168 Å². The van der Waals surface area contributed by atoms with Crippen LogP contribution in [0.5, 0.6) is 0 Å². The van der Waals surface area contributed by atoms with Gasteiger partial charge < -0.3 is 16.0 Å². The molecule has 148 valence electrons. The Balaban J connectivity index is 1.87. The van der Waals surface area contributed by atoms with E-state index in [0.29, 0.717) is 11.3 Å². The minimum atomic E-state index is -0.270. The number of benzene rings is 2. The molecule has 2 aromatic carbocycles. The van der Waals surface area contributed by atoms with Crippen molar-refractivity contribution in [1.82, 2.24) is 10.2 Å². The van der Waals surface area contributed by atoms with E-state index in [1.807, 2.05) is 30.5 Å². The smallest absolute Gasteiger partial charge is 0.251 e. The molecule has 3 amide bonds. The van der Waals surface area contributed by atoms with Crippen LogP contribution in [0, 0.1) is 0 Å². The molecule has 2 aromatic rings. The molecular weight excluding hydrogens is 376 g/mol. The molecule has 0 radical (unpaired) electrons. The number of rotatable bonds is 8. The van der Waals surface area contributed by atoms with E-state index in [9.17, 15) is 14.4 Å². The Morgan fingerprint density at radius 3 is 2.32 bits per heavy atom. The van der Waals surface area contributed by atoms with Crippen molar-refractivity contribution in [3.63, 3.8) is 0 Å². The monoisotopic (exact) mass is 400 g/mol. The molecular formula is C20H24N4O3S. The molecule has 0 aliphatic heterocycles. The molecule has 3 N–H and O–H groups in total. The number of thioether (sulfide) groups is 1. The van der Waals surface area contributed by atoms with Gasteiger partial charge in [0.15, 0.2) is 0 Å². The summed E-state index contributed by atoms with van der Waals surface area (Å²) in [5.41, 5.74) is 1.74. The lowest BCUT2D eigenvalue weighted by atomic mass is 10.2. The van der Waals surface area contributed by atoms with Crippen LogP contribution in [-0.2, 0) is 9.59 Å². The summed E-state index contributed by atoms with van der Waals surface area (Å²) >= 11 is 1.55. The maximum atomic E-state index is 12.2. The third-order valence-electron chi connectivity index (χ3n) is 3.84. The summed E-state index contributed by atoms with van der Waals surface area (Å²) in [4.78, 5) is 38.7. The maximum absolute atomic E-state index is 12.2. The van der Waals surface area contributed by atoms with Gasteiger partial charge in [0.25, 0.3) is 5.91 Å². The van der Waals surface area contributed by atoms with E-state index in [1.165, 1.54) is 0 Å². The Kier molecular flexibility index (Phi) is 8.03. The number of hydrogen-bond acceptors (Lipinski definition) is 5. The first kappa shape index (κ1) is 21.5. The number of nitrogens with one attached hydrogen (secondary N) is 3.